The third-order valence-corrected chi connectivity index (χ3v) is 3.48. The van der Waals surface area contributed by atoms with Crippen LogP contribution in [0.4, 0.5) is 0 Å². The van der Waals surface area contributed by atoms with E-state index >= 15 is 0 Å². The largest absolute Gasteiger partial charge is 0.340 e. The Kier molecular flexibility index (Phi) is 4.74. The maximum absolute atomic E-state index is 11.2. The van der Waals surface area contributed by atoms with Crippen molar-refractivity contribution in [3.63, 3.8) is 0 Å². The third-order valence-electron chi connectivity index (χ3n) is 3.48. The van der Waals surface area contributed by atoms with Crippen molar-refractivity contribution in [2.75, 3.05) is 39.3 Å². The maximum atomic E-state index is 11.2. The molecular formula is C12H25N3O. The lowest BCUT2D eigenvalue weighted by Crippen LogP contribution is -2.48. The summed E-state index contributed by atoms with van der Waals surface area (Å²) in [5.41, 5.74) is 5.95. The molecule has 0 aromatic rings. The molecule has 1 fully saturated rings. The van der Waals surface area contributed by atoms with Crippen molar-refractivity contribution in [1.29, 1.82) is 0 Å². The Morgan fingerprint density at radius 3 is 2.25 bits per heavy atom. The van der Waals surface area contributed by atoms with Crippen LogP contribution in [-0.4, -0.2) is 55.0 Å². The smallest absolute Gasteiger partial charge is 0.219 e. The Labute approximate surface area is 98.8 Å². The zero-order chi connectivity index (χ0) is 12.2. The second kappa shape index (κ2) is 5.64. The number of piperazine rings is 1. The van der Waals surface area contributed by atoms with E-state index in [9.17, 15) is 4.79 Å². The molecule has 0 aromatic carbocycles. The van der Waals surface area contributed by atoms with E-state index in [0.29, 0.717) is 0 Å². The quantitative estimate of drug-likeness (QED) is 0.762. The number of nitrogens with zero attached hydrogens (tertiary/aromatic N) is 2. The molecule has 0 bridgehead atoms. The summed E-state index contributed by atoms with van der Waals surface area (Å²) >= 11 is 0. The first kappa shape index (κ1) is 13.5. The van der Waals surface area contributed by atoms with Gasteiger partial charge in [0, 0.05) is 33.1 Å². The summed E-state index contributed by atoms with van der Waals surface area (Å²) in [6, 6.07) is 0. The van der Waals surface area contributed by atoms with Gasteiger partial charge in [-0.25, -0.2) is 0 Å². The molecule has 0 spiro atoms. The Hall–Kier alpha value is -0.610. The molecule has 0 saturated carbocycles. The van der Waals surface area contributed by atoms with Crippen molar-refractivity contribution in [1.82, 2.24) is 9.80 Å². The lowest BCUT2D eigenvalue weighted by Gasteiger charge is -2.35. The van der Waals surface area contributed by atoms with Gasteiger partial charge in [-0.2, -0.15) is 0 Å². The van der Waals surface area contributed by atoms with Gasteiger partial charge < -0.3 is 10.6 Å². The van der Waals surface area contributed by atoms with Crippen LogP contribution in [0.25, 0.3) is 0 Å². The monoisotopic (exact) mass is 227 g/mol. The van der Waals surface area contributed by atoms with Crippen LogP contribution < -0.4 is 5.73 Å². The third kappa shape index (κ3) is 4.10. The van der Waals surface area contributed by atoms with Crippen LogP contribution in [0.1, 0.15) is 27.2 Å². The van der Waals surface area contributed by atoms with Gasteiger partial charge in [-0.15, -0.1) is 0 Å². The Bertz CT molecular complexity index is 232. The van der Waals surface area contributed by atoms with E-state index in [0.717, 1.165) is 45.7 Å². The fourth-order valence-corrected chi connectivity index (χ4v) is 1.85. The van der Waals surface area contributed by atoms with E-state index < -0.39 is 0 Å². The molecule has 0 aliphatic carbocycles. The van der Waals surface area contributed by atoms with E-state index in [-0.39, 0.29) is 11.3 Å². The highest BCUT2D eigenvalue weighted by atomic mass is 16.2. The summed E-state index contributed by atoms with van der Waals surface area (Å²) in [6.45, 7) is 11.6. The lowest BCUT2D eigenvalue weighted by atomic mass is 9.89. The molecule has 0 radical (unpaired) electrons. The number of amides is 1. The van der Waals surface area contributed by atoms with Gasteiger partial charge in [-0.05, 0) is 24.9 Å². The molecule has 1 amide bonds. The topological polar surface area (TPSA) is 49.6 Å². The molecule has 1 saturated heterocycles. The summed E-state index contributed by atoms with van der Waals surface area (Å²) in [6.07, 6.45) is 1.13. The van der Waals surface area contributed by atoms with E-state index in [2.05, 4.69) is 18.7 Å². The van der Waals surface area contributed by atoms with Gasteiger partial charge in [0.15, 0.2) is 0 Å². The predicted molar refractivity (Wildman–Crippen MR) is 66.1 cm³/mol. The van der Waals surface area contributed by atoms with Crippen LogP contribution >= 0.6 is 0 Å². The minimum absolute atomic E-state index is 0.196. The number of rotatable bonds is 4. The number of carbonyl (C=O) groups is 1. The predicted octanol–water partition coefficient (Wildman–Crippen LogP) is 0.526. The minimum Gasteiger partial charge on any atom is -0.340 e. The zero-order valence-electron chi connectivity index (χ0n) is 10.8. The van der Waals surface area contributed by atoms with Crippen molar-refractivity contribution in [3.05, 3.63) is 0 Å². The average Bonchev–Trinajstić information content (AvgIpc) is 2.27. The van der Waals surface area contributed by atoms with Gasteiger partial charge in [-0.3, -0.25) is 9.69 Å². The molecule has 94 valence electrons. The summed E-state index contributed by atoms with van der Waals surface area (Å²) in [5, 5.41) is 0. The second-order valence-corrected chi connectivity index (χ2v) is 5.47. The van der Waals surface area contributed by atoms with Crippen LogP contribution in [0.15, 0.2) is 0 Å². The second-order valence-electron chi connectivity index (χ2n) is 5.47. The normalized spacial score (nSPS) is 18.9. The summed E-state index contributed by atoms with van der Waals surface area (Å²) in [4.78, 5) is 15.5. The van der Waals surface area contributed by atoms with Crippen LogP contribution in [0.2, 0.25) is 0 Å². The Morgan fingerprint density at radius 1 is 1.25 bits per heavy atom. The number of nitrogens with two attached hydrogens (primary N) is 1. The summed E-state index contributed by atoms with van der Waals surface area (Å²) < 4.78 is 0. The molecule has 2 N–H and O–H groups in total. The van der Waals surface area contributed by atoms with E-state index in [1.807, 2.05) is 4.90 Å². The Morgan fingerprint density at radius 2 is 1.81 bits per heavy atom. The van der Waals surface area contributed by atoms with Gasteiger partial charge in [0.05, 0.1) is 0 Å². The fraction of sp³-hybridized carbons (Fsp3) is 0.917. The van der Waals surface area contributed by atoms with Crippen LogP contribution in [-0.2, 0) is 4.79 Å². The molecule has 16 heavy (non-hydrogen) atoms. The van der Waals surface area contributed by atoms with E-state index in [1.165, 1.54) is 0 Å². The minimum atomic E-state index is 0.196. The molecule has 0 unspecified atom stereocenters. The first-order valence-electron chi connectivity index (χ1n) is 6.12. The van der Waals surface area contributed by atoms with Crippen molar-refractivity contribution in [3.8, 4) is 0 Å². The highest BCUT2D eigenvalue weighted by molar-refractivity contribution is 5.73. The van der Waals surface area contributed by atoms with Crippen LogP contribution in [0.3, 0.4) is 0 Å². The number of hydrogen-bond acceptors (Lipinski definition) is 3. The Balaban J connectivity index is 2.25. The lowest BCUT2D eigenvalue weighted by molar-refractivity contribution is -0.130. The fourth-order valence-electron chi connectivity index (χ4n) is 1.85. The molecule has 1 rings (SSSR count). The van der Waals surface area contributed by atoms with Gasteiger partial charge in [-0.1, -0.05) is 13.8 Å². The highest BCUT2D eigenvalue weighted by Gasteiger charge is 2.21. The molecule has 1 aliphatic heterocycles. The maximum Gasteiger partial charge on any atom is 0.219 e. The first-order chi connectivity index (χ1) is 7.44. The molecule has 4 nitrogen and oxygen atoms in total. The summed E-state index contributed by atoms with van der Waals surface area (Å²) in [5.74, 6) is 0.196. The van der Waals surface area contributed by atoms with E-state index in [1.54, 1.807) is 6.92 Å². The van der Waals surface area contributed by atoms with Crippen molar-refractivity contribution >= 4 is 5.91 Å². The highest BCUT2D eigenvalue weighted by Crippen LogP contribution is 2.18. The summed E-state index contributed by atoms with van der Waals surface area (Å²) in [7, 11) is 0. The van der Waals surface area contributed by atoms with Crippen molar-refractivity contribution in [2.45, 2.75) is 27.2 Å². The van der Waals surface area contributed by atoms with Crippen LogP contribution in [0.5, 0.6) is 0 Å². The molecule has 1 heterocycles. The molecular weight excluding hydrogens is 202 g/mol. The van der Waals surface area contributed by atoms with Crippen LogP contribution in [0, 0.1) is 5.41 Å². The number of carbonyl (C=O) groups excluding carboxylic acids is 1. The standard InChI is InChI=1S/C12H25N3O/c1-11(16)15-8-6-14(7-9-15)5-4-12(2,3)10-13/h4-10,13H2,1-3H3. The first-order valence-corrected chi connectivity index (χ1v) is 6.12. The van der Waals surface area contributed by atoms with Gasteiger partial charge >= 0.3 is 0 Å². The molecule has 4 heteroatoms. The van der Waals surface area contributed by atoms with Gasteiger partial charge in [0.2, 0.25) is 5.91 Å². The van der Waals surface area contributed by atoms with Gasteiger partial charge in [0.1, 0.15) is 0 Å². The SMILES string of the molecule is CC(=O)N1CCN(CCC(C)(C)CN)CC1. The average molecular weight is 227 g/mol. The van der Waals surface area contributed by atoms with Crippen molar-refractivity contribution < 1.29 is 4.79 Å². The van der Waals surface area contributed by atoms with Crippen molar-refractivity contribution in [2.24, 2.45) is 11.1 Å². The molecule has 0 aromatic heterocycles. The van der Waals surface area contributed by atoms with E-state index in [4.69, 9.17) is 5.73 Å². The molecule has 0 atom stereocenters. The molecule has 1 aliphatic rings. The number of hydrogen-bond donors (Lipinski definition) is 1. The van der Waals surface area contributed by atoms with Gasteiger partial charge in [0.25, 0.3) is 0 Å². The zero-order valence-corrected chi connectivity index (χ0v) is 10.8.